The molecule has 4 heterocycles. The van der Waals surface area contributed by atoms with Gasteiger partial charge in [0.05, 0.1) is 28.2 Å². The number of piperidine rings is 2. The fourth-order valence-electron chi connectivity index (χ4n) is 7.71. The molecule has 6 rings (SSSR count). The Hall–Kier alpha value is -3.88. The van der Waals surface area contributed by atoms with E-state index in [9.17, 15) is 27.6 Å². The van der Waals surface area contributed by atoms with Gasteiger partial charge in [-0.05, 0) is 76.4 Å². The van der Waals surface area contributed by atoms with Crippen molar-refractivity contribution in [3.63, 3.8) is 0 Å². The van der Waals surface area contributed by atoms with Crippen molar-refractivity contribution < 1.29 is 22.8 Å². The van der Waals surface area contributed by atoms with Gasteiger partial charge in [-0.3, -0.25) is 19.5 Å². The molecule has 3 saturated heterocycles. The number of carbonyl (C=O) groups is 2. The maximum atomic E-state index is 14.1. The van der Waals surface area contributed by atoms with Crippen LogP contribution in [0.5, 0.6) is 0 Å². The number of halogens is 4. The Kier molecular flexibility index (Phi) is 11.4. The van der Waals surface area contributed by atoms with Crippen LogP contribution in [0.4, 0.5) is 18.9 Å². The van der Waals surface area contributed by atoms with E-state index >= 15 is 0 Å². The quantitative estimate of drug-likeness (QED) is 0.327. The molecule has 0 spiro atoms. The highest BCUT2D eigenvalue weighted by atomic mass is 35.5. The largest absolute Gasteiger partial charge is 0.418 e. The van der Waals surface area contributed by atoms with E-state index in [1.54, 1.807) is 9.80 Å². The van der Waals surface area contributed by atoms with Crippen LogP contribution in [0.15, 0.2) is 47.3 Å². The zero-order valence-electron chi connectivity index (χ0n) is 28.9. The van der Waals surface area contributed by atoms with Crippen molar-refractivity contribution in [3.8, 4) is 11.4 Å². The number of anilines is 1. The first kappa shape index (κ1) is 36.9. The number of likely N-dealkylation sites (N-methyl/N-ethyl adjacent to an activating group) is 1. The molecule has 11 nitrogen and oxygen atoms in total. The molecule has 15 heteroatoms. The molecule has 1 atom stereocenters. The molecule has 0 unspecified atom stereocenters. The topological polar surface area (TPSA) is 124 Å². The normalized spacial score (nSPS) is 19.6. The minimum atomic E-state index is -4.73. The number of likely N-dealkylation sites (tertiary alicyclic amines) is 2. The van der Waals surface area contributed by atoms with E-state index in [4.69, 9.17) is 17.3 Å². The Bertz CT molecular complexity index is 1730. The molecular formula is C36H46ClF3N8O3. The van der Waals surface area contributed by atoms with Gasteiger partial charge in [0.2, 0.25) is 11.8 Å². The molecule has 0 saturated carbocycles. The minimum Gasteiger partial charge on any atom is -0.397 e. The maximum absolute atomic E-state index is 14.1. The van der Waals surface area contributed by atoms with E-state index in [1.165, 1.54) is 10.7 Å². The van der Waals surface area contributed by atoms with Gasteiger partial charge in [-0.15, -0.1) is 5.10 Å². The molecule has 3 aromatic rings. The van der Waals surface area contributed by atoms with E-state index in [-0.39, 0.29) is 47.0 Å². The van der Waals surface area contributed by atoms with E-state index in [2.05, 4.69) is 26.9 Å². The van der Waals surface area contributed by atoms with Crippen molar-refractivity contribution in [2.24, 2.45) is 5.92 Å². The number of aromatic amines is 1. The smallest absolute Gasteiger partial charge is 0.397 e. The van der Waals surface area contributed by atoms with Crippen LogP contribution in [0.2, 0.25) is 5.02 Å². The van der Waals surface area contributed by atoms with Crippen LogP contribution in [0.1, 0.15) is 55.7 Å². The van der Waals surface area contributed by atoms with Crippen molar-refractivity contribution in [3.05, 3.63) is 69.1 Å². The number of rotatable bonds is 8. The first-order chi connectivity index (χ1) is 24.4. The number of carbonyl (C=O) groups excluding carboxylic acids is 2. The zero-order chi connectivity index (χ0) is 36.3. The van der Waals surface area contributed by atoms with Crippen LogP contribution >= 0.6 is 11.6 Å². The van der Waals surface area contributed by atoms with Crippen LogP contribution in [-0.2, 0) is 22.2 Å². The Morgan fingerprint density at radius 1 is 0.941 bits per heavy atom. The summed E-state index contributed by atoms with van der Waals surface area (Å²) in [6.07, 6.45) is -1.31. The van der Waals surface area contributed by atoms with Gasteiger partial charge in [0, 0.05) is 57.3 Å². The predicted molar refractivity (Wildman–Crippen MR) is 189 cm³/mol. The number of hydrogen-bond donors (Lipinski definition) is 2. The highest BCUT2D eigenvalue weighted by Gasteiger charge is 2.37. The van der Waals surface area contributed by atoms with Crippen LogP contribution in [0.25, 0.3) is 11.4 Å². The molecule has 2 amide bonds. The molecule has 2 aromatic carbocycles. The lowest BCUT2D eigenvalue weighted by Crippen LogP contribution is -2.50. The van der Waals surface area contributed by atoms with E-state index in [1.807, 2.05) is 30.3 Å². The van der Waals surface area contributed by atoms with Gasteiger partial charge < -0.3 is 20.4 Å². The molecule has 51 heavy (non-hydrogen) atoms. The van der Waals surface area contributed by atoms with Crippen LogP contribution < -0.4 is 11.4 Å². The van der Waals surface area contributed by atoms with Crippen LogP contribution in [0, 0.1) is 5.92 Å². The van der Waals surface area contributed by atoms with Crippen molar-refractivity contribution in [2.45, 2.75) is 63.2 Å². The van der Waals surface area contributed by atoms with Crippen molar-refractivity contribution in [1.29, 1.82) is 0 Å². The molecule has 3 aliphatic rings. The second kappa shape index (κ2) is 15.8. The second-order valence-electron chi connectivity index (χ2n) is 14.1. The highest BCUT2D eigenvalue weighted by molar-refractivity contribution is 6.33. The van der Waals surface area contributed by atoms with Gasteiger partial charge in [0.1, 0.15) is 0 Å². The number of nitrogens with zero attached hydrogens (tertiary/aromatic N) is 6. The SMILES string of the molecule is CN1CCCN(C2CCN(C(=O)[C@H](CC(=O)N3CCC(n4nc(-c5ccccc5)[nH]c4=O)CC3)Cc3cc(Cl)c(N)c(C(F)(F)F)c3)CC2)CC1. The Balaban J connectivity index is 1.14. The molecule has 3 fully saturated rings. The average Bonchev–Trinajstić information content (AvgIpc) is 3.38. The first-order valence-electron chi connectivity index (χ1n) is 17.8. The number of nitrogens with two attached hydrogens (primary N) is 1. The fourth-order valence-corrected chi connectivity index (χ4v) is 7.95. The standard InChI is InChI=1S/C36H46ClF3N8O3/c1-44-12-5-13-45(19-18-44)27-8-16-47(17-9-27)34(50)26(20-24-21-29(36(38,39)40)32(41)30(37)22-24)23-31(49)46-14-10-28(11-15-46)48-35(51)42-33(43-48)25-6-3-2-4-7-25/h2-4,6-7,21-22,26-28H,5,8-20,23,41H2,1H3,(H,42,43,51)/t26-/m0/s1. The van der Waals surface area contributed by atoms with Crippen molar-refractivity contribution in [1.82, 2.24) is 34.4 Å². The summed E-state index contributed by atoms with van der Waals surface area (Å²) in [5.41, 5.74) is 4.73. The molecule has 0 aliphatic carbocycles. The van der Waals surface area contributed by atoms with Gasteiger partial charge in [-0.2, -0.15) is 13.2 Å². The summed E-state index contributed by atoms with van der Waals surface area (Å²) in [6, 6.07) is 11.8. The lowest BCUT2D eigenvalue weighted by Gasteiger charge is -2.39. The summed E-state index contributed by atoms with van der Waals surface area (Å²) < 4.78 is 43.0. The van der Waals surface area contributed by atoms with Gasteiger partial charge >= 0.3 is 11.9 Å². The number of alkyl halides is 3. The predicted octanol–water partition coefficient (Wildman–Crippen LogP) is 4.53. The summed E-state index contributed by atoms with van der Waals surface area (Å²) in [7, 11) is 2.13. The van der Waals surface area contributed by atoms with Gasteiger partial charge in [-0.1, -0.05) is 41.9 Å². The van der Waals surface area contributed by atoms with Gasteiger partial charge in [-0.25, -0.2) is 9.48 Å². The summed E-state index contributed by atoms with van der Waals surface area (Å²) in [5, 5.41) is 4.27. The summed E-state index contributed by atoms with van der Waals surface area (Å²) >= 11 is 6.15. The average molecular weight is 731 g/mol. The number of benzene rings is 2. The second-order valence-corrected chi connectivity index (χ2v) is 14.5. The molecule has 3 aliphatic heterocycles. The van der Waals surface area contributed by atoms with E-state index < -0.39 is 23.3 Å². The van der Waals surface area contributed by atoms with E-state index in [0.717, 1.165) is 57.1 Å². The number of nitrogens with one attached hydrogen (secondary N) is 1. The third-order valence-electron chi connectivity index (χ3n) is 10.6. The molecule has 0 radical (unpaired) electrons. The molecular weight excluding hydrogens is 685 g/mol. The molecule has 276 valence electrons. The number of amides is 2. The summed E-state index contributed by atoms with van der Waals surface area (Å²) in [4.78, 5) is 51.8. The fraction of sp³-hybridized carbons (Fsp3) is 0.556. The first-order valence-corrected chi connectivity index (χ1v) is 18.1. The van der Waals surface area contributed by atoms with Crippen molar-refractivity contribution >= 4 is 29.1 Å². The number of nitrogen functional groups attached to an aromatic ring is 1. The third-order valence-corrected chi connectivity index (χ3v) is 11.0. The minimum absolute atomic E-state index is 0.0898. The molecule has 0 bridgehead atoms. The summed E-state index contributed by atoms with van der Waals surface area (Å²) in [5.74, 6) is -0.917. The van der Waals surface area contributed by atoms with E-state index in [0.29, 0.717) is 50.9 Å². The highest BCUT2D eigenvalue weighted by Crippen LogP contribution is 2.38. The van der Waals surface area contributed by atoms with Crippen molar-refractivity contribution in [2.75, 3.05) is 65.1 Å². The Morgan fingerprint density at radius 2 is 1.61 bits per heavy atom. The summed E-state index contributed by atoms with van der Waals surface area (Å²) in [6.45, 7) is 5.79. The number of H-pyrrole nitrogens is 1. The lowest BCUT2D eigenvalue weighted by molar-refractivity contribution is -0.143. The maximum Gasteiger partial charge on any atom is 0.418 e. The Labute approximate surface area is 300 Å². The monoisotopic (exact) mass is 730 g/mol. The molecule has 3 N–H and O–H groups in total. The van der Waals surface area contributed by atoms with Gasteiger partial charge in [0.15, 0.2) is 5.82 Å². The van der Waals surface area contributed by atoms with Crippen LogP contribution in [0.3, 0.4) is 0 Å². The molecule has 1 aromatic heterocycles. The zero-order valence-corrected chi connectivity index (χ0v) is 29.6. The van der Waals surface area contributed by atoms with Gasteiger partial charge in [0.25, 0.3) is 0 Å². The lowest BCUT2D eigenvalue weighted by atomic mass is 9.91. The Morgan fingerprint density at radius 3 is 2.29 bits per heavy atom. The number of aromatic nitrogens is 3. The number of hydrogen-bond acceptors (Lipinski definition) is 7. The third kappa shape index (κ3) is 8.78. The van der Waals surface area contributed by atoms with Crippen LogP contribution in [-0.4, -0.2) is 112 Å².